The molecule has 19 heavy (non-hydrogen) atoms. The Kier molecular flexibility index (Phi) is 4.79. The molecule has 1 N–H and O–H groups in total. The molecule has 6 nitrogen and oxygen atoms in total. The molecule has 0 aromatic heterocycles. The molecule has 9 heteroatoms. The summed E-state index contributed by atoms with van der Waals surface area (Å²) in [7, 11) is -8.86. The van der Waals surface area contributed by atoms with E-state index in [0.29, 0.717) is 10.8 Å². The average molecular weight is 310 g/mol. The van der Waals surface area contributed by atoms with Gasteiger partial charge in [-0.25, -0.2) is 8.42 Å². The van der Waals surface area contributed by atoms with E-state index in [1.54, 1.807) is 0 Å². The van der Waals surface area contributed by atoms with Crippen molar-refractivity contribution in [1.82, 2.24) is 0 Å². The SMILES string of the molecule is O=S(=O)([O-])c1ccc2cc(S(=O)(=O)O)ccc2c1.[Na+]. The molecule has 2 rings (SSSR count). The zero-order valence-electron chi connectivity index (χ0n) is 9.77. The van der Waals surface area contributed by atoms with Crippen molar-refractivity contribution in [3.05, 3.63) is 36.4 Å². The summed E-state index contributed by atoms with van der Waals surface area (Å²) >= 11 is 0. The molecule has 2 aromatic carbocycles. The Morgan fingerprint density at radius 1 is 0.842 bits per heavy atom. The average Bonchev–Trinajstić information content (AvgIpc) is 2.25. The van der Waals surface area contributed by atoms with Gasteiger partial charge >= 0.3 is 29.6 Å². The van der Waals surface area contributed by atoms with E-state index in [1.807, 2.05) is 0 Å². The molecule has 0 atom stereocenters. The summed E-state index contributed by atoms with van der Waals surface area (Å²) in [5.74, 6) is 0. The molecule has 0 aliphatic rings. The largest absolute Gasteiger partial charge is 1.00 e. The van der Waals surface area contributed by atoms with Crippen molar-refractivity contribution in [2.24, 2.45) is 0 Å². The molecule has 0 saturated heterocycles. The molecule has 2 aromatic rings. The van der Waals surface area contributed by atoms with E-state index in [-0.39, 0.29) is 34.5 Å². The summed E-state index contributed by atoms with van der Waals surface area (Å²) in [5, 5.41) is 0.789. The van der Waals surface area contributed by atoms with Crippen LogP contribution in [0.5, 0.6) is 0 Å². The minimum Gasteiger partial charge on any atom is -0.744 e. The van der Waals surface area contributed by atoms with Crippen LogP contribution < -0.4 is 29.6 Å². The zero-order valence-corrected chi connectivity index (χ0v) is 13.4. The monoisotopic (exact) mass is 310 g/mol. The molecule has 0 fully saturated rings. The normalized spacial score (nSPS) is 12.1. The third-order valence-corrected chi connectivity index (χ3v) is 4.05. The van der Waals surface area contributed by atoms with Crippen molar-refractivity contribution in [3.8, 4) is 0 Å². The van der Waals surface area contributed by atoms with Crippen molar-refractivity contribution in [1.29, 1.82) is 0 Å². The van der Waals surface area contributed by atoms with Crippen LogP contribution in [0.25, 0.3) is 10.8 Å². The molecule has 0 radical (unpaired) electrons. The summed E-state index contributed by atoms with van der Waals surface area (Å²) in [6.07, 6.45) is 0. The second-order valence-corrected chi connectivity index (χ2v) is 6.40. The van der Waals surface area contributed by atoms with E-state index in [9.17, 15) is 21.4 Å². The predicted molar refractivity (Wildman–Crippen MR) is 61.7 cm³/mol. The van der Waals surface area contributed by atoms with Gasteiger partial charge < -0.3 is 4.55 Å². The summed E-state index contributed by atoms with van der Waals surface area (Å²) in [6.45, 7) is 0. The van der Waals surface area contributed by atoms with Crippen LogP contribution >= 0.6 is 0 Å². The van der Waals surface area contributed by atoms with Crippen molar-refractivity contribution in [2.75, 3.05) is 0 Å². The van der Waals surface area contributed by atoms with Gasteiger partial charge in [0.05, 0.1) is 9.79 Å². The third kappa shape index (κ3) is 3.76. The Labute approximate surface area is 132 Å². The second kappa shape index (κ2) is 5.49. The van der Waals surface area contributed by atoms with E-state index in [0.717, 1.165) is 18.2 Å². The molecule has 0 spiro atoms. The third-order valence-electron chi connectivity index (χ3n) is 2.37. The quantitative estimate of drug-likeness (QED) is 0.507. The van der Waals surface area contributed by atoms with Gasteiger partial charge in [0.25, 0.3) is 10.1 Å². The van der Waals surface area contributed by atoms with Crippen molar-refractivity contribution < 1.29 is 55.5 Å². The summed E-state index contributed by atoms with van der Waals surface area (Å²) in [5.41, 5.74) is 0. The fraction of sp³-hybridized carbons (Fsp3) is 0. The van der Waals surface area contributed by atoms with Crippen molar-refractivity contribution >= 4 is 31.0 Å². The summed E-state index contributed by atoms with van der Waals surface area (Å²) in [6, 6.07) is 7.15. The van der Waals surface area contributed by atoms with Crippen LogP contribution in [0.4, 0.5) is 0 Å². The summed E-state index contributed by atoms with van der Waals surface area (Å²) in [4.78, 5) is -0.692. The number of hydrogen-bond donors (Lipinski definition) is 1. The van der Waals surface area contributed by atoms with Gasteiger partial charge in [0, 0.05) is 0 Å². The second-order valence-electron chi connectivity index (χ2n) is 3.60. The van der Waals surface area contributed by atoms with E-state index in [2.05, 4.69) is 0 Å². The minimum atomic E-state index is -4.55. The van der Waals surface area contributed by atoms with Crippen LogP contribution in [0.15, 0.2) is 46.2 Å². The van der Waals surface area contributed by atoms with E-state index >= 15 is 0 Å². The van der Waals surface area contributed by atoms with Crippen LogP contribution in [0.2, 0.25) is 0 Å². The molecule has 0 aliphatic heterocycles. The van der Waals surface area contributed by atoms with Gasteiger partial charge in [0.2, 0.25) is 0 Å². The first kappa shape index (κ1) is 16.6. The Balaban J connectivity index is 0.00000180. The molecule has 0 unspecified atom stereocenters. The van der Waals surface area contributed by atoms with Gasteiger partial charge in [0.15, 0.2) is 0 Å². The van der Waals surface area contributed by atoms with Crippen LogP contribution in [0, 0.1) is 0 Å². The fourth-order valence-electron chi connectivity index (χ4n) is 1.52. The molecular formula is C10H7NaO6S2. The van der Waals surface area contributed by atoms with E-state index in [4.69, 9.17) is 4.55 Å². The maximum absolute atomic E-state index is 10.9. The zero-order chi connectivity index (χ0) is 13.6. The maximum atomic E-state index is 10.9. The van der Waals surface area contributed by atoms with E-state index in [1.165, 1.54) is 18.2 Å². The first-order valence-corrected chi connectivity index (χ1v) is 7.50. The Hall–Kier alpha value is -0.480. The number of benzene rings is 2. The van der Waals surface area contributed by atoms with E-state index < -0.39 is 25.1 Å². The van der Waals surface area contributed by atoms with Crippen LogP contribution in [0.1, 0.15) is 0 Å². The van der Waals surface area contributed by atoms with Crippen molar-refractivity contribution in [3.63, 3.8) is 0 Å². The van der Waals surface area contributed by atoms with Gasteiger partial charge in [-0.3, -0.25) is 4.55 Å². The molecule has 0 heterocycles. The first-order chi connectivity index (χ1) is 8.18. The van der Waals surface area contributed by atoms with Gasteiger partial charge in [0.1, 0.15) is 10.1 Å². The Bertz CT molecular complexity index is 755. The molecule has 0 amide bonds. The Morgan fingerprint density at radius 3 is 1.68 bits per heavy atom. The van der Waals surface area contributed by atoms with Crippen molar-refractivity contribution in [2.45, 2.75) is 9.79 Å². The number of fused-ring (bicyclic) bond motifs is 1. The van der Waals surface area contributed by atoms with Crippen LogP contribution in [-0.2, 0) is 20.2 Å². The fourth-order valence-corrected chi connectivity index (χ4v) is 2.54. The van der Waals surface area contributed by atoms with Crippen LogP contribution in [-0.4, -0.2) is 25.9 Å². The molecule has 0 aliphatic carbocycles. The van der Waals surface area contributed by atoms with Crippen LogP contribution in [0.3, 0.4) is 0 Å². The molecule has 96 valence electrons. The van der Waals surface area contributed by atoms with Gasteiger partial charge in [-0.05, 0) is 35.0 Å². The van der Waals surface area contributed by atoms with Gasteiger partial charge in [-0.2, -0.15) is 8.42 Å². The molecule has 0 saturated carbocycles. The molecule has 0 bridgehead atoms. The van der Waals surface area contributed by atoms with Gasteiger partial charge in [-0.15, -0.1) is 0 Å². The topological polar surface area (TPSA) is 112 Å². The molecular weight excluding hydrogens is 303 g/mol. The first-order valence-electron chi connectivity index (χ1n) is 4.65. The summed E-state index contributed by atoms with van der Waals surface area (Å²) < 4.78 is 63.1. The standard InChI is InChI=1S/C10H8O6S2.Na/c11-17(12,13)9-3-1-7-5-10(18(14,15)16)4-2-8(7)6-9;/h1-6H,(H,11,12,13)(H,14,15,16);/q;+1/p-1. The maximum Gasteiger partial charge on any atom is 1.00 e. The smallest absolute Gasteiger partial charge is 0.744 e. The number of hydrogen-bond acceptors (Lipinski definition) is 5. The van der Waals surface area contributed by atoms with Gasteiger partial charge in [-0.1, -0.05) is 12.1 Å². The Morgan fingerprint density at radius 2 is 1.26 bits per heavy atom. The number of rotatable bonds is 2. The predicted octanol–water partition coefficient (Wildman–Crippen LogP) is -2.01. The minimum absolute atomic E-state index is 0.